The molecule has 0 atom stereocenters. The number of hydrogen-bond donors (Lipinski definition) is 1. The summed E-state index contributed by atoms with van der Waals surface area (Å²) in [6.07, 6.45) is 1.81. The summed E-state index contributed by atoms with van der Waals surface area (Å²) in [4.78, 5) is 21.4. The molecule has 0 aliphatic heterocycles. The molecule has 3 heteroatoms. The molecule has 0 fully saturated rings. The van der Waals surface area contributed by atoms with Crippen LogP contribution in [0, 0.1) is 0 Å². The molecule has 74 valence electrons. The summed E-state index contributed by atoms with van der Waals surface area (Å²) in [7, 11) is 0. The average Bonchev–Trinajstić information content (AvgIpc) is 2.25. The first-order chi connectivity index (χ1) is 6.84. The molecule has 0 unspecified atom stereocenters. The van der Waals surface area contributed by atoms with Gasteiger partial charge in [0.2, 0.25) is 6.41 Å². The summed E-state index contributed by atoms with van der Waals surface area (Å²) < 4.78 is 0. The fourth-order valence-electron chi connectivity index (χ4n) is 1.18. The molecule has 0 bridgehead atoms. The van der Waals surface area contributed by atoms with E-state index in [1.807, 2.05) is 18.2 Å². The molecule has 3 nitrogen and oxygen atoms in total. The predicted molar refractivity (Wildman–Crippen MR) is 54.1 cm³/mol. The zero-order chi connectivity index (χ0) is 10.2. The fraction of sp³-hybridized carbons (Fsp3) is 0.273. The fourth-order valence-corrected chi connectivity index (χ4v) is 1.18. The second-order valence-corrected chi connectivity index (χ2v) is 2.96. The van der Waals surface area contributed by atoms with E-state index in [0.29, 0.717) is 25.8 Å². The van der Waals surface area contributed by atoms with Crippen molar-refractivity contribution in [1.82, 2.24) is 5.32 Å². The number of benzene rings is 1. The minimum Gasteiger partial charge on any atom is -0.359 e. The van der Waals surface area contributed by atoms with Crippen LogP contribution in [-0.4, -0.2) is 18.7 Å². The third-order valence-electron chi connectivity index (χ3n) is 1.90. The van der Waals surface area contributed by atoms with Crippen LogP contribution in [-0.2, 0) is 4.79 Å². The van der Waals surface area contributed by atoms with Gasteiger partial charge in [-0.2, -0.15) is 0 Å². The Kier molecular flexibility index (Phi) is 4.41. The van der Waals surface area contributed by atoms with Gasteiger partial charge in [0, 0.05) is 18.5 Å². The van der Waals surface area contributed by atoms with E-state index in [1.54, 1.807) is 12.1 Å². The Morgan fingerprint density at radius 2 is 2.00 bits per heavy atom. The van der Waals surface area contributed by atoms with E-state index in [9.17, 15) is 9.59 Å². The normalized spacial score (nSPS) is 9.43. The highest BCUT2D eigenvalue weighted by atomic mass is 16.1. The van der Waals surface area contributed by atoms with Gasteiger partial charge in [0.15, 0.2) is 5.78 Å². The highest BCUT2D eigenvalue weighted by Gasteiger charge is 2.03. The standard InChI is InChI=1S/C11H13NO2/c13-9-12-8-4-7-11(14)10-5-2-1-3-6-10/h1-3,5-6,9H,4,7-8H2,(H,12,13). The summed E-state index contributed by atoms with van der Waals surface area (Å²) in [5.74, 6) is 0.123. The Balaban J connectivity index is 2.32. The van der Waals surface area contributed by atoms with Crippen LogP contribution in [0.3, 0.4) is 0 Å². The van der Waals surface area contributed by atoms with Gasteiger partial charge in [-0.1, -0.05) is 30.3 Å². The summed E-state index contributed by atoms with van der Waals surface area (Å²) in [6.45, 7) is 0.558. The van der Waals surface area contributed by atoms with E-state index in [1.165, 1.54) is 0 Å². The molecule has 1 aromatic rings. The largest absolute Gasteiger partial charge is 0.359 e. The molecule has 14 heavy (non-hydrogen) atoms. The van der Waals surface area contributed by atoms with Gasteiger partial charge >= 0.3 is 0 Å². The highest BCUT2D eigenvalue weighted by molar-refractivity contribution is 5.95. The first kappa shape index (κ1) is 10.4. The highest BCUT2D eigenvalue weighted by Crippen LogP contribution is 2.04. The first-order valence-corrected chi connectivity index (χ1v) is 4.60. The second kappa shape index (κ2) is 5.91. The average molecular weight is 191 g/mol. The van der Waals surface area contributed by atoms with Gasteiger partial charge in [-0.05, 0) is 6.42 Å². The molecule has 1 amide bonds. The maximum absolute atomic E-state index is 11.5. The third kappa shape index (κ3) is 3.39. The van der Waals surface area contributed by atoms with Crippen molar-refractivity contribution >= 4 is 12.2 Å². The van der Waals surface area contributed by atoms with Crippen LogP contribution in [0.15, 0.2) is 30.3 Å². The van der Waals surface area contributed by atoms with Crippen LogP contribution >= 0.6 is 0 Å². The Morgan fingerprint density at radius 3 is 2.64 bits per heavy atom. The topological polar surface area (TPSA) is 46.2 Å². The van der Waals surface area contributed by atoms with Crippen molar-refractivity contribution in [1.29, 1.82) is 0 Å². The lowest BCUT2D eigenvalue weighted by Gasteiger charge is -2.00. The predicted octanol–water partition coefficient (Wildman–Crippen LogP) is 1.40. The Bertz CT molecular complexity index is 295. The van der Waals surface area contributed by atoms with Gasteiger partial charge in [0.25, 0.3) is 0 Å². The number of ketones is 1. The molecular weight excluding hydrogens is 178 g/mol. The maximum Gasteiger partial charge on any atom is 0.207 e. The van der Waals surface area contributed by atoms with E-state index in [-0.39, 0.29) is 5.78 Å². The minimum absolute atomic E-state index is 0.123. The molecule has 0 spiro atoms. The monoisotopic (exact) mass is 191 g/mol. The molecule has 0 aliphatic carbocycles. The summed E-state index contributed by atoms with van der Waals surface area (Å²) in [6, 6.07) is 9.17. The Labute approximate surface area is 83.1 Å². The molecular formula is C11H13NO2. The van der Waals surface area contributed by atoms with Gasteiger partial charge in [-0.15, -0.1) is 0 Å². The molecule has 0 saturated carbocycles. The van der Waals surface area contributed by atoms with Crippen LogP contribution in [0.5, 0.6) is 0 Å². The molecule has 0 aromatic heterocycles. The second-order valence-electron chi connectivity index (χ2n) is 2.96. The van der Waals surface area contributed by atoms with Crippen molar-refractivity contribution in [3.8, 4) is 0 Å². The molecule has 0 heterocycles. The van der Waals surface area contributed by atoms with Gasteiger partial charge in [-0.25, -0.2) is 0 Å². The number of Topliss-reactive ketones (excluding diaryl/α,β-unsaturated/α-hetero) is 1. The zero-order valence-corrected chi connectivity index (χ0v) is 7.90. The smallest absolute Gasteiger partial charge is 0.207 e. The first-order valence-electron chi connectivity index (χ1n) is 4.60. The number of hydrogen-bond acceptors (Lipinski definition) is 2. The summed E-state index contributed by atoms with van der Waals surface area (Å²) in [5, 5.41) is 2.52. The van der Waals surface area contributed by atoms with E-state index in [2.05, 4.69) is 5.32 Å². The lowest BCUT2D eigenvalue weighted by atomic mass is 10.1. The number of carbonyl (C=O) groups is 2. The Morgan fingerprint density at radius 1 is 1.29 bits per heavy atom. The van der Waals surface area contributed by atoms with Crippen LogP contribution in [0.1, 0.15) is 23.2 Å². The van der Waals surface area contributed by atoms with Crippen molar-refractivity contribution in [3.63, 3.8) is 0 Å². The van der Waals surface area contributed by atoms with E-state index < -0.39 is 0 Å². The van der Waals surface area contributed by atoms with Gasteiger partial charge < -0.3 is 5.32 Å². The molecule has 0 aliphatic rings. The third-order valence-corrected chi connectivity index (χ3v) is 1.90. The Hall–Kier alpha value is -1.64. The van der Waals surface area contributed by atoms with Crippen LogP contribution in [0.2, 0.25) is 0 Å². The number of carbonyl (C=O) groups excluding carboxylic acids is 2. The van der Waals surface area contributed by atoms with Crippen molar-refractivity contribution in [3.05, 3.63) is 35.9 Å². The van der Waals surface area contributed by atoms with Crippen molar-refractivity contribution in [2.24, 2.45) is 0 Å². The van der Waals surface area contributed by atoms with Crippen LogP contribution in [0.4, 0.5) is 0 Å². The van der Waals surface area contributed by atoms with Crippen LogP contribution in [0.25, 0.3) is 0 Å². The van der Waals surface area contributed by atoms with E-state index >= 15 is 0 Å². The maximum atomic E-state index is 11.5. The zero-order valence-electron chi connectivity index (χ0n) is 7.90. The molecule has 1 rings (SSSR count). The molecule has 1 aromatic carbocycles. The number of nitrogens with one attached hydrogen (secondary N) is 1. The van der Waals surface area contributed by atoms with E-state index in [4.69, 9.17) is 0 Å². The van der Waals surface area contributed by atoms with E-state index in [0.717, 1.165) is 5.56 Å². The number of rotatable bonds is 6. The molecule has 0 saturated heterocycles. The summed E-state index contributed by atoms with van der Waals surface area (Å²) >= 11 is 0. The van der Waals surface area contributed by atoms with Gasteiger partial charge in [0.05, 0.1) is 0 Å². The SMILES string of the molecule is O=CNCCCC(=O)c1ccccc1. The quantitative estimate of drug-likeness (QED) is 0.419. The number of amides is 1. The van der Waals surface area contributed by atoms with Crippen molar-refractivity contribution in [2.75, 3.05) is 6.54 Å². The van der Waals surface area contributed by atoms with Gasteiger partial charge in [0.1, 0.15) is 0 Å². The minimum atomic E-state index is 0.123. The van der Waals surface area contributed by atoms with Crippen molar-refractivity contribution in [2.45, 2.75) is 12.8 Å². The van der Waals surface area contributed by atoms with Crippen molar-refractivity contribution < 1.29 is 9.59 Å². The van der Waals surface area contributed by atoms with Crippen LogP contribution < -0.4 is 5.32 Å². The molecule has 1 N–H and O–H groups in total. The lowest BCUT2D eigenvalue weighted by molar-refractivity contribution is -0.109. The lowest BCUT2D eigenvalue weighted by Crippen LogP contribution is -2.13. The molecule has 0 radical (unpaired) electrons. The summed E-state index contributed by atoms with van der Waals surface area (Å²) in [5.41, 5.74) is 0.735. The van der Waals surface area contributed by atoms with Gasteiger partial charge in [-0.3, -0.25) is 9.59 Å².